The molecule has 0 radical (unpaired) electrons. The van der Waals surface area contributed by atoms with Crippen LogP contribution < -0.4 is 0 Å². The highest BCUT2D eigenvalue weighted by Crippen LogP contribution is 2.35. The number of hydrogen-bond donors (Lipinski definition) is 1. The quantitative estimate of drug-likeness (QED) is 0.439. The van der Waals surface area contributed by atoms with Gasteiger partial charge in [-0.1, -0.05) is 30.3 Å². The van der Waals surface area contributed by atoms with Gasteiger partial charge in [0.05, 0.1) is 17.8 Å². The second-order valence-corrected chi connectivity index (χ2v) is 8.72. The minimum atomic E-state index is -1.23. The molecule has 1 saturated heterocycles. The second-order valence-electron chi connectivity index (χ2n) is 8.72. The minimum Gasteiger partial charge on any atom is -0.478 e. The van der Waals surface area contributed by atoms with Crippen molar-refractivity contribution in [3.8, 4) is 0 Å². The summed E-state index contributed by atoms with van der Waals surface area (Å²) in [7, 11) is 0. The molecule has 1 aliphatic heterocycles. The summed E-state index contributed by atoms with van der Waals surface area (Å²) in [6.07, 6.45) is 6.19. The lowest BCUT2D eigenvalue weighted by Gasteiger charge is -2.32. The summed E-state index contributed by atoms with van der Waals surface area (Å²) in [5.41, 5.74) is 4.23. The first-order valence-corrected chi connectivity index (χ1v) is 11.3. The molecule has 0 atom stereocenters. The summed E-state index contributed by atoms with van der Waals surface area (Å²) in [5.74, 6) is -1.44. The fraction of sp³-hybridized carbons (Fsp3) is 0.259. The molecule has 2 aromatic carbocycles. The van der Waals surface area contributed by atoms with E-state index in [0.29, 0.717) is 12.5 Å². The smallest absolute Gasteiger partial charge is 0.338 e. The number of aromatic nitrogens is 2. The van der Waals surface area contributed by atoms with Crippen LogP contribution in [0.25, 0.3) is 10.9 Å². The predicted molar refractivity (Wildman–Crippen MR) is 126 cm³/mol. The molecule has 6 heteroatoms. The Morgan fingerprint density at radius 3 is 2.58 bits per heavy atom. The molecule has 0 unspecified atom stereocenters. The van der Waals surface area contributed by atoms with Gasteiger partial charge in [-0.25, -0.2) is 9.18 Å². The van der Waals surface area contributed by atoms with Crippen molar-refractivity contribution in [1.82, 2.24) is 14.5 Å². The molecule has 1 fully saturated rings. The molecule has 168 valence electrons. The van der Waals surface area contributed by atoms with Gasteiger partial charge >= 0.3 is 5.97 Å². The normalized spacial score (nSPS) is 15.2. The van der Waals surface area contributed by atoms with Crippen LogP contribution in [0, 0.1) is 5.82 Å². The number of pyridine rings is 1. The first kappa shape index (κ1) is 21.3. The second kappa shape index (κ2) is 9.16. The Balaban J connectivity index is 1.31. The van der Waals surface area contributed by atoms with Crippen LogP contribution in [0.5, 0.6) is 0 Å². The first-order chi connectivity index (χ1) is 16.1. The molecule has 0 amide bonds. The third kappa shape index (κ3) is 4.52. The maximum atomic E-state index is 13.7. The number of carbonyl (C=O) groups is 1. The minimum absolute atomic E-state index is 0.261. The molecule has 2 aromatic heterocycles. The highest BCUT2D eigenvalue weighted by atomic mass is 19.1. The molecule has 1 aliphatic rings. The number of benzene rings is 2. The third-order valence-electron chi connectivity index (χ3n) is 6.57. The Bertz CT molecular complexity index is 1280. The third-order valence-corrected chi connectivity index (χ3v) is 6.57. The van der Waals surface area contributed by atoms with Crippen LogP contribution in [0.1, 0.15) is 45.9 Å². The molecule has 3 heterocycles. The summed E-state index contributed by atoms with van der Waals surface area (Å²) in [6, 6.07) is 19.0. The van der Waals surface area contributed by atoms with Gasteiger partial charge in [0, 0.05) is 29.8 Å². The fourth-order valence-electron chi connectivity index (χ4n) is 4.89. The van der Waals surface area contributed by atoms with E-state index in [2.05, 4.69) is 51.0 Å². The molecule has 4 aromatic rings. The van der Waals surface area contributed by atoms with Crippen molar-refractivity contribution in [2.75, 3.05) is 13.1 Å². The van der Waals surface area contributed by atoms with E-state index in [1.807, 2.05) is 18.3 Å². The number of carboxylic acids is 1. The van der Waals surface area contributed by atoms with Crippen LogP contribution >= 0.6 is 0 Å². The first-order valence-electron chi connectivity index (χ1n) is 11.3. The van der Waals surface area contributed by atoms with E-state index in [-0.39, 0.29) is 5.56 Å². The Morgan fingerprint density at radius 1 is 1.03 bits per heavy atom. The van der Waals surface area contributed by atoms with Crippen molar-refractivity contribution >= 4 is 16.9 Å². The Labute approximate surface area is 192 Å². The Hall–Kier alpha value is -3.51. The average molecular weight is 444 g/mol. The summed E-state index contributed by atoms with van der Waals surface area (Å²) in [6.45, 7) is 3.22. The van der Waals surface area contributed by atoms with Gasteiger partial charge in [0.2, 0.25) is 0 Å². The van der Waals surface area contributed by atoms with E-state index < -0.39 is 11.8 Å². The number of halogens is 1. The molecular formula is C27H26FN3O2. The number of fused-ring (bicyclic) bond motifs is 1. The molecule has 33 heavy (non-hydrogen) atoms. The lowest BCUT2D eigenvalue weighted by atomic mass is 9.89. The number of aromatic carboxylic acids is 1. The number of carboxylic acid groups (broad SMARTS) is 1. The summed E-state index contributed by atoms with van der Waals surface area (Å²) >= 11 is 0. The van der Waals surface area contributed by atoms with Crippen molar-refractivity contribution in [3.63, 3.8) is 0 Å². The van der Waals surface area contributed by atoms with Crippen LogP contribution in [-0.2, 0) is 13.1 Å². The largest absolute Gasteiger partial charge is 0.478 e. The van der Waals surface area contributed by atoms with Crippen LogP contribution in [0.2, 0.25) is 0 Å². The summed E-state index contributed by atoms with van der Waals surface area (Å²) < 4.78 is 16.0. The van der Waals surface area contributed by atoms with Gasteiger partial charge in [0.25, 0.3) is 0 Å². The van der Waals surface area contributed by atoms with Crippen LogP contribution in [-0.4, -0.2) is 38.6 Å². The van der Waals surface area contributed by atoms with Gasteiger partial charge in [-0.15, -0.1) is 0 Å². The number of hydrogen-bond acceptors (Lipinski definition) is 3. The topological polar surface area (TPSA) is 58.4 Å². The summed E-state index contributed by atoms with van der Waals surface area (Å²) in [4.78, 5) is 18.0. The van der Waals surface area contributed by atoms with Gasteiger partial charge in [-0.3, -0.25) is 9.88 Å². The van der Waals surface area contributed by atoms with E-state index in [1.165, 1.54) is 28.6 Å². The SMILES string of the molecule is O=C(O)c1cc(CN2CCC(c3cn(Cc4ccccn4)c4ccccc34)CC2)ccc1F. The number of para-hydroxylation sites is 1. The molecule has 0 spiro atoms. The lowest BCUT2D eigenvalue weighted by molar-refractivity contribution is 0.0691. The average Bonchev–Trinajstić information content (AvgIpc) is 3.20. The summed E-state index contributed by atoms with van der Waals surface area (Å²) in [5, 5.41) is 10.5. The maximum absolute atomic E-state index is 13.7. The molecule has 0 aliphatic carbocycles. The Kier molecular flexibility index (Phi) is 5.92. The van der Waals surface area contributed by atoms with E-state index in [4.69, 9.17) is 0 Å². The zero-order valence-electron chi connectivity index (χ0n) is 18.3. The van der Waals surface area contributed by atoms with Crippen molar-refractivity contribution in [2.24, 2.45) is 0 Å². The standard InChI is InChI=1S/C27H26FN3O2/c28-25-9-8-19(15-23(25)27(32)33)16-30-13-10-20(11-14-30)24-18-31(17-21-5-3-4-12-29-21)26-7-2-1-6-22(24)26/h1-9,12,15,18,20H,10-11,13-14,16-17H2,(H,32,33). The van der Waals surface area contributed by atoms with Crippen molar-refractivity contribution in [2.45, 2.75) is 31.8 Å². The van der Waals surface area contributed by atoms with E-state index >= 15 is 0 Å². The molecule has 1 N–H and O–H groups in total. The fourth-order valence-corrected chi connectivity index (χ4v) is 4.89. The number of nitrogens with zero attached hydrogens (tertiary/aromatic N) is 3. The zero-order chi connectivity index (χ0) is 22.8. The molecule has 5 rings (SSSR count). The zero-order valence-corrected chi connectivity index (χ0v) is 18.3. The molecule has 0 saturated carbocycles. The van der Waals surface area contributed by atoms with Crippen LogP contribution in [0.3, 0.4) is 0 Å². The number of rotatable bonds is 6. The monoisotopic (exact) mass is 443 g/mol. The highest BCUT2D eigenvalue weighted by molar-refractivity contribution is 5.88. The van der Waals surface area contributed by atoms with Gasteiger partial charge in [-0.05, 0) is 73.3 Å². The van der Waals surface area contributed by atoms with Crippen molar-refractivity contribution < 1.29 is 14.3 Å². The number of piperidine rings is 1. The van der Waals surface area contributed by atoms with Gasteiger partial charge in [0.1, 0.15) is 5.82 Å². The van der Waals surface area contributed by atoms with Gasteiger partial charge in [-0.2, -0.15) is 0 Å². The van der Waals surface area contributed by atoms with E-state index in [1.54, 1.807) is 6.07 Å². The van der Waals surface area contributed by atoms with Crippen molar-refractivity contribution in [1.29, 1.82) is 0 Å². The van der Waals surface area contributed by atoms with E-state index in [0.717, 1.165) is 43.7 Å². The van der Waals surface area contributed by atoms with E-state index in [9.17, 15) is 14.3 Å². The maximum Gasteiger partial charge on any atom is 0.338 e. The number of likely N-dealkylation sites (tertiary alicyclic amines) is 1. The molecular weight excluding hydrogens is 417 g/mol. The van der Waals surface area contributed by atoms with Crippen LogP contribution in [0.15, 0.2) is 73.1 Å². The molecule has 0 bridgehead atoms. The lowest BCUT2D eigenvalue weighted by Crippen LogP contribution is -2.32. The van der Waals surface area contributed by atoms with Crippen molar-refractivity contribution in [3.05, 3.63) is 101 Å². The highest BCUT2D eigenvalue weighted by Gasteiger charge is 2.24. The van der Waals surface area contributed by atoms with Crippen LogP contribution in [0.4, 0.5) is 4.39 Å². The predicted octanol–water partition coefficient (Wildman–Crippen LogP) is 5.30. The molecule has 5 nitrogen and oxygen atoms in total. The van der Waals surface area contributed by atoms with Gasteiger partial charge < -0.3 is 9.67 Å². The Morgan fingerprint density at radius 2 is 1.82 bits per heavy atom. The van der Waals surface area contributed by atoms with Gasteiger partial charge in [0.15, 0.2) is 0 Å².